The van der Waals surface area contributed by atoms with Crippen molar-refractivity contribution in [2.45, 2.75) is 25.7 Å². The van der Waals surface area contributed by atoms with Crippen LogP contribution in [0.5, 0.6) is 5.75 Å². The number of ether oxygens (including phenoxy) is 2. The molecule has 0 saturated carbocycles. The lowest BCUT2D eigenvalue weighted by molar-refractivity contribution is -0.0488. The Labute approximate surface area is 141 Å². The minimum atomic E-state index is -0.535. The quantitative estimate of drug-likeness (QED) is 0.935. The van der Waals surface area contributed by atoms with Gasteiger partial charge in [-0.3, -0.25) is 4.90 Å². The molecule has 5 heteroatoms. The lowest BCUT2D eigenvalue weighted by Crippen LogP contribution is -2.32. The Bertz CT molecular complexity index is 714. The summed E-state index contributed by atoms with van der Waals surface area (Å²) in [6.45, 7) is 4.12. The average molecular weight is 326 g/mol. The largest absolute Gasteiger partial charge is 0.506 e. The summed E-state index contributed by atoms with van der Waals surface area (Å²) in [5, 5.41) is 9.99. The number of hydrogen-bond donors (Lipinski definition) is 1. The highest BCUT2D eigenvalue weighted by Crippen LogP contribution is 2.29. The second-order valence-electron chi connectivity index (χ2n) is 6.33. The number of nitrogens with zero attached hydrogens (tertiary/aromatic N) is 2. The van der Waals surface area contributed by atoms with Gasteiger partial charge >= 0.3 is 0 Å². The van der Waals surface area contributed by atoms with Crippen LogP contribution < -0.4 is 0 Å². The molecule has 0 amide bonds. The highest BCUT2D eigenvalue weighted by Gasteiger charge is 2.23. The molecule has 0 radical (unpaired) electrons. The number of aromatic nitrogens is 1. The van der Waals surface area contributed by atoms with E-state index >= 15 is 0 Å². The van der Waals surface area contributed by atoms with Gasteiger partial charge in [-0.1, -0.05) is 24.3 Å². The van der Waals surface area contributed by atoms with Crippen LogP contribution in [-0.4, -0.2) is 41.3 Å². The Morgan fingerprint density at radius 3 is 2.71 bits per heavy atom. The van der Waals surface area contributed by atoms with Crippen molar-refractivity contribution in [2.24, 2.45) is 0 Å². The molecule has 5 nitrogen and oxygen atoms in total. The van der Waals surface area contributed by atoms with Gasteiger partial charge in [0.25, 0.3) is 0 Å². The Hall–Kier alpha value is -1.95. The molecule has 24 heavy (non-hydrogen) atoms. The molecule has 0 atom stereocenters. The Balaban J connectivity index is 1.40. The summed E-state index contributed by atoms with van der Waals surface area (Å²) < 4.78 is 10.9. The maximum absolute atomic E-state index is 9.99. The van der Waals surface area contributed by atoms with Crippen LogP contribution in [0.25, 0.3) is 0 Å². The molecule has 1 saturated heterocycles. The van der Waals surface area contributed by atoms with Crippen LogP contribution in [0.1, 0.15) is 28.8 Å². The molecule has 1 aromatic heterocycles. The van der Waals surface area contributed by atoms with Gasteiger partial charge in [-0.15, -0.1) is 0 Å². The summed E-state index contributed by atoms with van der Waals surface area (Å²) in [6, 6.07) is 12.2. The molecule has 1 fully saturated rings. The lowest BCUT2D eigenvalue weighted by atomic mass is 10.00. The van der Waals surface area contributed by atoms with Crippen molar-refractivity contribution in [1.29, 1.82) is 0 Å². The first kappa shape index (κ1) is 15.6. The van der Waals surface area contributed by atoms with Gasteiger partial charge in [0, 0.05) is 31.7 Å². The van der Waals surface area contributed by atoms with E-state index in [0.29, 0.717) is 18.9 Å². The number of benzene rings is 1. The van der Waals surface area contributed by atoms with Crippen LogP contribution >= 0.6 is 0 Å². The predicted octanol–water partition coefficient (Wildman–Crippen LogP) is 2.43. The zero-order chi connectivity index (χ0) is 16.4. The third-order valence-electron chi connectivity index (χ3n) is 4.70. The highest BCUT2D eigenvalue weighted by molar-refractivity contribution is 5.30. The fourth-order valence-electron chi connectivity index (χ4n) is 3.36. The lowest BCUT2D eigenvalue weighted by Gasteiger charge is -2.28. The molecule has 2 aromatic rings. The van der Waals surface area contributed by atoms with Gasteiger partial charge < -0.3 is 14.6 Å². The van der Waals surface area contributed by atoms with Crippen molar-refractivity contribution < 1.29 is 14.6 Å². The molecular weight excluding hydrogens is 304 g/mol. The summed E-state index contributed by atoms with van der Waals surface area (Å²) in [5.41, 5.74) is 4.35. The molecule has 0 unspecified atom stereocenters. The van der Waals surface area contributed by atoms with Gasteiger partial charge in [-0.2, -0.15) is 0 Å². The fourth-order valence-corrected chi connectivity index (χ4v) is 3.36. The first-order valence-electron chi connectivity index (χ1n) is 8.51. The van der Waals surface area contributed by atoms with E-state index in [-0.39, 0.29) is 5.75 Å². The van der Waals surface area contributed by atoms with Crippen molar-refractivity contribution in [1.82, 2.24) is 9.88 Å². The molecule has 1 N–H and O–H groups in total. The summed E-state index contributed by atoms with van der Waals surface area (Å²) in [6.07, 6.45) is 1.42. The monoisotopic (exact) mass is 326 g/mol. The van der Waals surface area contributed by atoms with E-state index in [1.165, 1.54) is 11.1 Å². The Morgan fingerprint density at radius 2 is 1.88 bits per heavy atom. The van der Waals surface area contributed by atoms with E-state index in [0.717, 1.165) is 38.2 Å². The van der Waals surface area contributed by atoms with Gasteiger partial charge in [-0.05, 0) is 29.7 Å². The SMILES string of the molecule is Oc1ccc(CCN2CCc3ccccc3C2)nc1C1OCCO1. The topological polar surface area (TPSA) is 54.8 Å². The molecule has 2 aliphatic rings. The maximum Gasteiger partial charge on any atom is 0.204 e. The van der Waals surface area contributed by atoms with Crippen LogP contribution in [0.4, 0.5) is 0 Å². The normalized spacial score (nSPS) is 18.7. The molecular formula is C19H22N2O3. The zero-order valence-corrected chi connectivity index (χ0v) is 13.6. The van der Waals surface area contributed by atoms with Crippen LogP contribution in [0.15, 0.2) is 36.4 Å². The van der Waals surface area contributed by atoms with Crippen LogP contribution in [-0.2, 0) is 28.9 Å². The smallest absolute Gasteiger partial charge is 0.204 e. The average Bonchev–Trinajstić information content (AvgIpc) is 3.15. The molecule has 0 aliphatic carbocycles. The van der Waals surface area contributed by atoms with Gasteiger partial charge in [-0.25, -0.2) is 4.98 Å². The van der Waals surface area contributed by atoms with Crippen molar-refractivity contribution in [3.8, 4) is 5.75 Å². The molecule has 0 spiro atoms. The number of hydrogen-bond acceptors (Lipinski definition) is 5. The number of pyridine rings is 1. The summed E-state index contributed by atoms with van der Waals surface area (Å²) in [4.78, 5) is 7.01. The molecule has 2 aliphatic heterocycles. The van der Waals surface area contributed by atoms with Gasteiger partial charge in [0.2, 0.25) is 6.29 Å². The maximum atomic E-state index is 9.99. The van der Waals surface area contributed by atoms with E-state index in [4.69, 9.17) is 9.47 Å². The standard InChI is InChI=1S/C19H22N2O3/c22-17-6-5-16(20-18(17)19-23-11-12-24-19)8-10-21-9-7-14-3-1-2-4-15(14)13-21/h1-6,19,22H,7-13H2. The van der Waals surface area contributed by atoms with E-state index in [1.807, 2.05) is 6.07 Å². The summed E-state index contributed by atoms with van der Waals surface area (Å²) >= 11 is 0. The highest BCUT2D eigenvalue weighted by atomic mass is 16.7. The third kappa shape index (κ3) is 3.29. The minimum absolute atomic E-state index is 0.137. The summed E-state index contributed by atoms with van der Waals surface area (Å²) in [7, 11) is 0. The van der Waals surface area contributed by atoms with E-state index in [2.05, 4.69) is 34.1 Å². The van der Waals surface area contributed by atoms with Crippen molar-refractivity contribution in [3.05, 3.63) is 58.9 Å². The van der Waals surface area contributed by atoms with Crippen molar-refractivity contribution >= 4 is 0 Å². The van der Waals surface area contributed by atoms with Crippen molar-refractivity contribution in [2.75, 3.05) is 26.3 Å². The number of fused-ring (bicyclic) bond motifs is 1. The van der Waals surface area contributed by atoms with Gasteiger partial charge in [0.15, 0.2) is 0 Å². The first-order chi connectivity index (χ1) is 11.8. The van der Waals surface area contributed by atoms with E-state index in [1.54, 1.807) is 6.07 Å². The first-order valence-corrected chi connectivity index (χ1v) is 8.51. The van der Waals surface area contributed by atoms with Crippen LogP contribution in [0, 0.1) is 0 Å². The Kier molecular flexibility index (Phi) is 4.47. The van der Waals surface area contributed by atoms with E-state index in [9.17, 15) is 5.11 Å². The van der Waals surface area contributed by atoms with Crippen LogP contribution in [0.3, 0.4) is 0 Å². The number of rotatable bonds is 4. The van der Waals surface area contributed by atoms with Crippen molar-refractivity contribution in [3.63, 3.8) is 0 Å². The zero-order valence-electron chi connectivity index (χ0n) is 13.6. The minimum Gasteiger partial charge on any atom is -0.506 e. The summed E-state index contributed by atoms with van der Waals surface area (Å²) in [5.74, 6) is 0.137. The predicted molar refractivity (Wildman–Crippen MR) is 89.7 cm³/mol. The van der Waals surface area contributed by atoms with Crippen LogP contribution in [0.2, 0.25) is 0 Å². The molecule has 3 heterocycles. The molecule has 1 aromatic carbocycles. The Morgan fingerprint density at radius 1 is 1.08 bits per heavy atom. The molecule has 126 valence electrons. The number of aromatic hydroxyl groups is 1. The van der Waals surface area contributed by atoms with Gasteiger partial charge in [0.1, 0.15) is 11.4 Å². The molecule has 0 bridgehead atoms. The molecule has 4 rings (SSSR count). The van der Waals surface area contributed by atoms with E-state index < -0.39 is 6.29 Å². The second kappa shape index (κ2) is 6.89. The third-order valence-corrected chi connectivity index (χ3v) is 4.70. The van der Waals surface area contributed by atoms with Gasteiger partial charge in [0.05, 0.1) is 13.2 Å². The second-order valence-corrected chi connectivity index (χ2v) is 6.33. The fraction of sp³-hybridized carbons (Fsp3) is 0.421.